The van der Waals surface area contributed by atoms with Crippen molar-refractivity contribution < 1.29 is 17.9 Å². The Morgan fingerprint density at radius 3 is 2.35 bits per heavy atom. The SMILES string of the molecule is CCOc1ccc(NS(=O)(=O)c2ccc(Cl)c(C(=O)Nc3ccc(C)cc3C)c2)cc1. The fourth-order valence-corrected chi connectivity index (χ4v) is 4.28. The molecule has 31 heavy (non-hydrogen) atoms. The van der Waals surface area contributed by atoms with Gasteiger partial charge in [0.1, 0.15) is 5.75 Å². The predicted octanol–water partition coefficient (Wildman–Crippen LogP) is 5.41. The first-order chi connectivity index (χ1) is 14.7. The van der Waals surface area contributed by atoms with Gasteiger partial charge in [0.25, 0.3) is 15.9 Å². The number of hydrogen-bond acceptors (Lipinski definition) is 4. The first-order valence-corrected chi connectivity index (χ1v) is 11.5. The second-order valence-corrected chi connectivity index (χ2v) is 9.07. The molecule has 0 saturated carbocycles. The van der Waals surface area contributed by atoms with E-state index in [1.165, 1.54) is 18.2 Å². The van der Waals surface area contributed by atoms with Gasteiger partial charge in [-0.15, -0.1) is 0 Å². The highest BCUT2D eigenvalue weighted by atomic mass is 35.5. The summed E-state index contributed by atoms with van der Waals surface area (Å²) in [6.45, 7) is 6.22. The van der Waals surface area contributed by atoms with E-state index in [1.807, 2.05) is 32.9 Å². The summed E-state index contributed by atoms with van der Waals surface area (Å²) in [5.41, 5.74) is 3.04. The van der Waals surface area contributed by atoms with Crippen LogP contribution in [0.15, 0.2) is 65.6 Å². The van der Waals surface area contributed by atoms with Gasteiger partial charge in [0.15, 0.2) is 0 Å². The minimum absolute atomic E-state index is 0.0659. The third-order valence-corrected chi connectivity index (χ3v) is 6.25. The van der Waals surface area contributed by atoms with Crippen molar-refractivity contribution in [2.24, 2.45) is 0 Å². The van der Waals surface area contributed by atoms with Crippen molar-refractivity contribution >= 4 is 38.9 Å². The highest BCUT2D eigenvalue weighted by molar-refractivity contribution is 7.92. The molecule has 162 valence electrons. The van der Waals surface area contributed by atoms with E-state index < -0.39 is 15.9 Å². The topological polar surface area (TPSA) is 84.5 Å². The molecule has 3 rings (SSSR count). The van der Waals surface area contributed by atoms with E-state index in [1.54, 1.807) is 30.3 Å². The molecule has 0 unspecified atom stereocenters. The molecule has 0 atom stereocenters. The fraction of sp³-hybridized carbons (Fsp3) is 0.174. The molecule has 0 aromatic heterocycles. The molecule has 0 heterocycles. The van der Waals surface area contributed by atoms with Crippen molar-refractivity contribution in [1.29, 1.82) is 0 Å². The Morgan fingerprint density at radius 2 is 1.71 bits per heavy atom. The fourth-order valence-electron chi connectivity index (χ4n) is 2.99. The first kappa shape index (κ1) is 22.7. The Bertz CT molecular complexity index is 1210. The lowest BCUT2D eigenvalue weighted by Crippen LogP contribution is -2.17. The number of amides is 1. The molecule has 0 spiro atoms. The molecule has 1 amide bonds. The van der Waals surface area contributed by atoms with Gasteiger partial charge in [0.2, 0.25) is 0 Å². The monoisotopic (exact) mass is 458 g/mol. The van der Waals surface area contributed by atoms with E-state index in [4.69, 9.17) is 16.3 Å². The summed E-state index contributed by atoms with van der Waals surface area (Å²) < 4.78 is 33.5. The van der Waals surface area contributed by atoms with Gasteiger partial charge < -0.3 is 10.1 Å². The normalized spacial score (nSPS) is 11.1. The van der Waals surface area contributed by atoms with Gasteiger partial charge >= 0.3 is 0 Å². The average Bonchev–Trinajstić information content (AvgIpc) is 2.71. The quantitative estimate of drug-likeness (QED) is 0.495. The number of carbonyl (C=O) groups excluding carboxylic acids is 1. The van der Waals surface area contributed by atoms with E-state index in [2.05, 4.69) is 10.0 Å². The second-order valence-electron chi connectivity index (χ2n) is 6.98. The lowest BCUT2D eigenvalue weighted by atomic mass is 10.1. The number of ether oxygens (including phenoxy) is 1. The van der Waals surface area contributed by atoms with Gasteiger partial charge in [0, 0.05) is 11.4 Å². The molecule has 6 nitrogen and oxygen atoms in total. The summed E-state index contributed by atoms with van der Waals surface area (Å²) >= 11 is 6.19. The number of benzene rings is 3. The van der Waals surface area contributed by atoms with Crippen molar-refractivity contribution in [3.8, 4) is 5.75 Å². The summed E-state index contributed by atoms with van der Waals surface area (Å²) in [7, 11) is -3.93. The van der Waals surface area contributed by atoms with Gasteiger partial charge in [-0.25, -0.2) is 8.42 Å². The summed E-state index contributed by atoms with van der Waals surface area (Å²) in [4.78, 5) is 12.7. The lowest BCUT2D eigenvalue weighted by Gasteiger charge is -2.13. The van der Waals surface area contributed by atoms with Crippen molar-refractivity contribution in [2.75, 3.05) is 16.6 Å². The van der Waals surface area contributed by atoms with Crippen LogP contribution in [0.2, 0.25) is 5.02 Å². The van der Waals surface area contributed by atoms with E-state index in [0.29, 0.717) is 23.7 Å². The highest BCUT2D eigenvalue weighted by Gasteiger charge is 2.19. The summed E-state index contributed by atoms with van der Waals surface area (Å²) in [5, 5.41) is 2.94. The number of aryl methyl sites for hydroxylation is 2. The van der Waals surface area contributed by atoms with Crippen LogP contribution in [-0.4, -0.2) is 20.9 Å². The van der Waals surface area contributed by atoms with Crippen LogP contribution in [-0.2, 0) is 10.0 Å². The molecule has 3 aromatic rings. The minimum atomic E-state index is -3.93. The molecule has 8 heteroatoms. The average molecular weight is 459 g/mol. The molecular weight excluding hydrogens is 436 g/mol. The highest BCUT2D eigenvalue weighted by Crippen LogP contribution is 2.25. The van der Waals surface area contributed by atoms with Crippen molar-refractivity contribution in [2.45, 2.75) is 25.7 Å². The van der Waals surface area contributed by atoms with Crippen LogP contribution in [0.1, 0.15) is 28.4 Å². The third-order valence-electron chi connectivity index (χ3n) is 4.54. The van der Waals surface area contributed by atoms with E-state index in [9.17, 15) is 13.2 Å². The number of hydrogen-bond donors (Lipinski definition) is 2. The van der Waals surface area contributed by atoms with Gasteiger partial charge in [-0.1, -0.05) is 29.3 Å². The van der Waals surface area contributed by atoms with Crippen molar-refractivity contribution in [3.05, 3.63) is 82.4 Å². The molecule has 0 aliphatic rings. The Labute approximate surface area is 187 Å². The maximum Gasteiger partial charge on any atom is 0.261 e. The molecular formula is C23H23ClN2O4S. The third kappa shape index (κ3) is 5.57. The van der Waals surface area contributed by atoms with Crippen LogP contribution in [0.25, 0.3) is 0 Å². The molecule has 0 aliphatic heterocycles. The molecule has 0 bridgehead atoms. The standard InChI is InChI=1S/C23H23ClN2O4S/c1-4-30-18-8-6-17(7-9-18)26-31(28,29)19-10-11-21(24)20(14-19)23(27)25-22-12-5-15(2)13-16(22)3/h5-14,26H,4H2,1-3H3,(H,25,27). The van der Waals surface area contributed by atoms with Crippen LogP contribution < -0.4 is 14.8 Å². The van der Waals surface area contributed by atoms with E-state index in [0.717, 1.165) is 11.1 Å². The maximum atomic E-state index is 12.8. The summed E-state index contributed by atoms with van der Waals surface area (Å²) in [6.07, 6.45) is 0. The Balaban J connectivity index is 1.84. The molecule has 3 aromatic carbocycles. The Morgan fingerprint density at radius 1 is 1.00 bits per heavy atom. The molecule has 0 radical (unpaired) electrons. The minimum Gasteiger partial charge on any atom is -0.494 e. The van der Waals surface area contributed by atoms with Crippen molar-refractivity contribution in [3.63, 3.8) is 0 Å². The maximum absolute atomic E-state index is 12.8. The van der Waals surface area contributed by atoms with Crippen LogP contribution in [0, 0.1) is 13.8 Å². The van der Waals surface area contributed by atoms with Crippen LogP contribution in [0.4, 0.5) is 11.4 Å². The number of sulfonamides is 1. The van der Waals surface area contributed by atoms with Gasteiger partial charge in [-0.2, -0.15) is 0 Å². The van der Waals surface area contributed by atoms with Gasteiger partial charge in [-0.05, 0) is 74.9 Å². The second kappa shape index (κ2) is 9.41. The zero-order valence-electron chi connectivity index (χ0n) is 17.4. The first-order valence-electron chi connectivity index (χ1n) is 9.63. The largest absolute Gasteiger partial charge is 0.494 e. The predicted molar refractivity (Wildman–Crippen MR) is 124 cm³/mol. The van der Waals surface area contributed by atoms with E-state index in [-0.39, 0.29) is 15.5 Å². The zero-order valence-corrected chi connectivity index (χ0v) is 19.0. The number of carbonyl (C=O) groups is 1. The van der Waals surface area contributed by atoms with Crippen LogP contribution in [0.3, 0.4) is 0 Å². The molecule has 0 aliphatic carbocycles. The van der Waals surface area contributed by atoms with Crippen molar-refractivity contribution in [1.82, 2.24) is 0 Å². The number of nitrogens with one attached hydrogen (secondary N) is 2. The Hall–Kier alpha value is -3.03. The van der Waals surface area contributed by atoms with Gasteiger partial charge in [0.05, 0.1) is 22.1 Å². The zero-order chi connectivity index (χ0) is 22.6. The van der Waals surface area contributed by atoms with Crippen LogP contribution >= 0.6 is 11.6 Å². The molecule has 2 N–H and O–H groups in total. The lowest BCUT2D eigenvalue weighted by molar-refractivity contribution is 0.102. The molecule has 0 fully saturated rings. The number of rotatable bonds is 7. The van der Waals surface area contributed by atoms with Crippen LogP contribution in [0.5, 0.6) is 5.75 Å². The van der Waals surface area contributed by atoms with Gasteiger partial charge in [-0.3, -0.25) is 9.52 Å². The Kier molecular flexibility index (Phi) is 6.87. The number of halogens is 1. The van der Waals surface area contributed by atoms with E-state index >= 15 is 0 Å². The smallest absolute Gasteiger partial charge is 0.261 e. The summed E-state index contributed by atoms with van der Waals surface area (Å²) in [5.74, 6) is 0.150. The summed E-state index contributed by atoms with van der Waals surface area (Å²) in [6, 6.07) is 16.2. The number of anilines is 2. The molecule has 0 saturated heterocycles.